The Bertz CT molecular complexity index is 334. The highest BCUT2D eigenvalue weighted by Crippen LogP contribution is 1.88. The zero-order valence-electron chi connectivity index (χ0n) is 7.47. The third kappa shape index (κ3) is 2.64. The standard InChI is InChI=1S/C8H13N3O2/c1-6-2-8(13)11(5-10-6)4-7(12)3-9/h2,5,7,12H,3-4,9H2,1H3/t7-/m0/s1. The Morgan fingerprint density at radius 3 is 3.00 bits per heavy atom. The molecule has 0 saturated heterocycles. The topological polar surface area (TPSA) is 81.1 Å². The van der Waals surface area contributed by atoms with Gasteiger partial charge in [-0.3, -0.25) is 9.36 Å². The van der Waals surface area contributed by atoms with Gasteiger partial charge in [0.15, 0.2) is 0 Å². The minimum Gasteiger partial charge on any atom is -0.390 e. The van der Waals surface area contributed by atoms with Crippen LogP contribution < -0.4 is 11.3 Å². The molecule has 5 heteroatoms. The summed E-state index contributed by atoms with van der Waals surface area (Å²) in [5.41, 5.74) is 5.72. The van der Waals surface area contributed by atoms with Crippen LogP contribution in [0, 0.1) is 6.92 Å². The summed E-state index contributed by atoms with van der Waals surface area (Å²) in [6.45, 7) is 2.08. The van der Waals surface area contributed by atoms with E-state index in [-0.39, 0.29) is 18.6 Å². The molecule has 1 aromatic rings. The van der Waals surface area contributed by atoms with E-state index in [0.717, 1.165) is 0 Å². The van der Waals surface area contributed by atoms with Crippen molar-refractivity contribution in [1.29, 1.82) is 0 Å². The summed E-state index contributed by atoms with van der Waals surface area (Å²) in [5, 5.41) is 9.19. The Labute approximate surface area is 75.8 Å². The molecule has 1 heterocycles. The summed E-state index contributed by atoms with van der Waals surface area (Å²) in [6.07, 6.45) is 0.721. The van der Waals surface area contributed by atoms with E-state index in [0.29, 0.717) is 5.69 Å². The molecule has 1 aromatic heterocycles. The second-order valence-corrected chi connectivity index (χ2v) is 2.91. The smallest absolute Gasteiger partial charge is 0.253 e. The lowest BCUT2D eigenvalue weighted by Gasteiger charge is -2.09. The molecule has 0 radical (unpaired) electrons. The first-order valence-corrected chi connectivity index (χ1v) is 4.04. The van der Waals surface area contributed by atoms with E-state index in [9.17, 15) is 9.90 Å². The van der Waals surface area contributed by atoms with Gasteiger partial charge in [-0.25, -0.2) is 4.98 Å². The number of rotatable bonds is 3. The summed E-state index contributed by atoms with van der Waals surface area (Å²) >= 11 is 0. The third-order valence-corrected chi connectivity index (χ3v) is 1.70. The molecule has 0 aliphatic rings. The second kappa shape index (κ2) is 4.15. The molecule has 0 unspecified atom stereocenters. The highest BCUT2D eigenvalue weighted by atomic mass is 16.3. The molecular formula is C8H13N3O2. The number of nitrogens with two attached hydrogens (primary N) is 1. The first-order valence-electron chi connectivity index (χ1n) is 4.04. The molecular weight excluding hydrogens is 170 g/mol. The zero-order chi connectivity index (χ0) is 9.84. The van der Waals surface area contributed by atoms with Crippen LogP contribution in [0.4, 0.5) is 0 Å². The van der Waals surface area contributed by atoms with Crippen LogP contribution in [0.2, 0.25) is 0 Å². The lowest BCUT2D eigenvalue weighted by Crippen LogP contribution is -2.31. The molecule has 5 nitrogen and oxygen atoms in total. The summed E-state index contributed by atoms with van der Waals surface area (Å²) in [5.74, 6) is 0. The predicted octanol–water partition coefficient (Wildman–Crippen LogP) is -1.13. The molecule has 0 amide bonds. The highest BCUT2D eigenvalue weighted by molar-refractivity contribution is 4.96. The van der Waals surface area contributed by atoms with Gasteiger partial charge in [-0.05, 0) is 6.92 Å². The number of aromatic nitrogens is 2. The fourth-order valence-corrected chi connectivity index (χ4v) is 0.955. The molecule has 1 atom stereocenters. The van der Waals surface area contributed by atoms with Gasteiger partial charge in [0.2, 0.25) is 0 Å². The molecule has 13 heavy (non-hydrogen) atoms. The van der Waals surface area contributed by atoms with Crippen molar-refractivity contribution < 1.29 is 5.11 Å². The van der Waals surface area contributed by atoms with Crippen LogP contribution in [0.5, 0.6) is 0 Å². The Balaban J connectivity index is 2.84. The Hall–Kier alpha value is -1.20. The van der Waals surface area contributed by atoms with Gasteiger partial charge in [0, 0.05) is 18.3 Å². The number of hydrogen-bond donors (Lipinski definition) is 2. The maximum Gasteiger partial charge on any atom is 0.253 e. The molecule has 3 N–H and O–H groups in total. The Kier molecular flexibility index (Phi) is 3.16. The summed E-state index contributed by atoms with van der Waals surface area (Å²) < 4.78 is 1.34. The van der Waals surface area contributed by atoms with Gasteiger partial charge in [-0.1, -0.05) is 0 Å². The molecule has 0 fully saturated rings. The quantitative estimate of drug-likeness (QED) is 0.621. The van der Waals surface area contributed by atoms with Crippen molar-refractivity contribution >= 4 is 0 Å². The molecule has 72 valence electrons. The van der Waals surface area contributed by atoms with Crippen molar-refractivity contribution in [3.8, 4) is 0 Å². The van der Waals surface area contributed by atoms with Crippen molar-refractivity contribution in [3.05, 3.63) is 28.4 Å². The number of aliphatic hydroxyl groups is 1. The number of aryl methyl sites for hydroxylation is 1. The van der Waals surface area contributed by atoms with Crippen LogP contribution in [0.3, 0.4) is 0 Å². The maximum absolute atomic E-state index is 11.3. The van der Waals surface area contributed by atoms with Crippen molar-refractivity contribution in [3.63, 3.8) is 0 Å². The first-order chi connectivity index (χ1) is 6.13. The van der Waals surface area contributed by atoms with Crippen molar-refractivity contribution in [2.75, 3.05) is 6.54 Å². The van der Waals surface area contributed by atoms with Crippen LogP contribution in [0.25, 0.3) is 0 Å². The third-order valence-electron chi connectivity index (χ3n) is 1.70. The van der Waals surface area contributed by atoms with Crippen LogP contribution in [-0.4, -0.2) is 27.3 Å². The average Bonchev–Trinajstić information content (AvgIpc) is 2.09. The van der Waals surface area contributed by atoms with Crippen LogP contribution in [0.1, 0.15) is 5.69 Å². The minimum atomic E-state index is -0.692. The summed E-state index contributed by atoms with van der Waals surface area (Å²) in [6, 6.07) is 1.42. The molecule has 0 spiro atoms. The molecule has 0 aliphatic heterocycles. The van der Waals surface area contributed by atoms with E-state index >= 15 is 0 Å². The predicted molar refractivity (Wildman–Crippen MR) is 48.3 cm³/mol. The highest BCUT2D eigenvalue weighted by Gasteiger charge is 2.03. The SMILES string of the molecule is Cc1cc(=O)n(C[C@@H](O)CN)cn1. The van der Waals surface area contributed by atoms with Gasteiger partial charge >= 0.3 is 0 Å². The fraction of sp³-hybridized carbons (Fsp3) is 0.500. The molecule has 0 bridgehead atoms. The van der Waals surface area contributed by atoms with Crippen LogP contribution in [-0.2, 0) is 6.54 Å². The lowest BCUT2D eigenvalue weighted by atomic mass is 10.3. The molecule has 0 aromatic carbocycles. The molecule has 0 aliphatic carbocycles. The summed E-state index contributed by atoms with van der Waals surface area (Å²) in [7, 11) is 0. The first kappa shape index (κ1) is 9.88. The van der Waals surface area contributed by atoms with E-state index in [2.05, 4.69) is 4.98 Å². The van der Waals surface area contributed by atoms with E-state index in [1.807, 2.05) is 0 Å². The Morgan fingerprint density at radius 2 is 2.46 bits per heavy atom. The van der Waals surface area contributed by atoms with Crippen molar-refractivity contribution in [2.24, 2.45) is 5.73 Å². The minimum absolute atomic E-state index is 0.139. The number of nitrogens with zero attached hydrogens (tertiary/aromatic N) is 2. The second-order valence-electron chi connectivity index (χ2n) is 2.91. The lowest BCUT2D eigenvalue weighted by molar-refractivity contribution is 0.160. The normalized spacial score (nSPS) is 12.8. The van der Waals surface area contributed by atoms with Crippen LogP contribution >= 0.6 is 0 Å². The van der Waals surface area contributed by atoms with Gasteiger partial charge in [0.1, 0.15) is 0 Å². The van der Waals surface area contributed by atoms with E-state index in [1.54, 1.807) is 6.92 Å². The Morgan fingerprint density at radius 1 is 1.77 bits per heavy atom. The van der Waals surface area contributed by atoms with Gasteiger partial charge in [-0.2, -0.15) is 0 Å². The van der Waals surface area contributed by atoms with Crippen molar-refractivity contribution in [1.82, 2.24) is 9.55 Å². The zero-order valence-corrected chi connectivity index (χ0v) is 7.47. The van der Waals surface area contributed by atoms with Gasteiger partial charge in [0.25, 0.3) is 5.56 Å². The molecule has 1 rings (SSSR count). The van der Waals surface area contributed by atoms with E-state index < -0.39 is 6.10 Å². The number of hydrogen-bond acceptors (Lipinski definition) is 4. The van der Waals surface area contributed by atoms with Crippen LogP contribution in [0.15, 0.2) is 17.2 Å². The average molecular weight is 183 g/mol. The van der Waals surface area contributed by atoms with E-state index in [1.165, 1.54) is 17.0 Å². The van der Waals surface area contributed by atoms with Crippen molar-refractivity contribution in [2.45, 2.75) is 19.6 Å². The largest absolute Gasteiger partial charge is 0.390 e. The summed E-state index contributed by atoms with van der Waals surface area (Å²) in [4.78, 5) is 15.2. The molecule has 0 saturated carbocycles. The van der Waals surface area contributed by atoms with Gasteiger partial charge < -0.3 is 10.8 Å². The monoisotopic (exact) mass is 183 g/mol. The van der Waals surface area contributed by atoms with E-state index in [4.69, 9.17) is 5.73 Å². The maximum atomic E-state index is 11.3. The van der Waals surface area contributed by atoms with Gasteiger partial charge in [0.05, 0.1) is 19.0 Å². The van der Waals surface area contributed by atoms with Gasteiger partial charge in [-0.15, -0.1) is 0 Å². The number of aliphatic hydroxyl groups excluding tert-OH is 1. The fourth-order valence-electron chi connectivity index (χ4n) is 0.955.